The number of benzene rings is 1. The zero-order valence-corrected chi connectivity index (χ0v) is 8.93. The van der Waals surface area contributed by atoms with Crippen LogP contribution in [0.5, 0.6) is 0 Å². The summed E-state index contributed by atoms with van der Waals surface area (Å²) in [7, 11) is 0. The molecule has 2 nitrogen and oxygen atoms in total. The van der Waals surface area contributed by atoms with Gasteiger partial charge in [0.1, 0.15) is 0 Å². The van der Waals surface area contributed by atoms with Gasteiger partial charge in [0, 0.05) is 22.5 Å². The summed E-state index contributed by atoms with van der Waals surface area (Å²) >= 11 is 5.89. The van der Waals surface area contributed by atoms with Crippen LogP contribution in [0.3, 0.4) is 0 Å². The maximum Gasteiger partial charge on any atom is 0.331 e. The molecule has 0 aliphatic carbocycles. The summed E-state index contributed by atoms with van der Waals surface area (Å²) in [5, 5.41) is 0.546. The van der Waals surface area contributed by atoms with E-state index in [1.807, 2.05) is 6.92 Å². The van der Waals surface area contributed by atoms with Gasteiger partial charge in [-0.05, 0) is 24.1 Å². The Kier molecular flexibility index (Phi) is 4.03. The van der Waals surface area contributed by atoms with Crippen molar-refractivity contribution in [3.05, 3.63) is 28.3 Å². The molecule has 0 radical (unpaired) electrons. The summed E-state index contributed by atoms with van der Waals surface area (Å²) in [6.45, 7) is -0.795. The van der Waals surface area contributed by atoms with E-state index in [4.69, 9.17) is 17.3 Å². The number of anilines is 1. The van der Waals surface area contributed by atoms with Crippen molar-refractivity contribution >= 4 is 23.5 Å². The number of hydrogen-bond acceptors (Lipinski definition) is 2. The second-order valence-electron chi connectivity index (χ2n) is 2.98. The zero-order chi connectivity index (χ0) is 11.4. The van der Waals surface area contributed by atoms with Crippen LogP contribution in [0.1, 0.15) is 18.1 Å². The van der Waals surface area contributed by atoms with E-state index in [2.05, 4.69) is 4.99 Å². The van der Waals surface area contributed by atoms with Crippen LogP contribution in [0.15, 0.2) is 17.1 Å². The molecule has 0 amide bonds. The van der Waals surface area contributed by atoms with E-state index in [0.29, 0.717) is 22.7 Å². The Morgan fingerprint density at radius 2 is 2.20 bits per heavy atom. The van der Waals surface area contributed by atoms with Crippen molar-refractivity contribution in [2.45, 2.75) is 19.9 Å². The van der Waals surface area contributed by atoms with E-state index in [0.717, 1.165) is 11.8 Å². The largest absolute Gasteiger partial charge is 0.398 e. The molecule has 0 saturated heterocycles. The Morgan fingerprint density at radius 1 is 1.53 bits per heavy atom. The van der Waals surface area contributed by atoms with Crippen molar-refractivity contribution in [2.24, 2.45) is 4.99 Å². The summed E-state index contributed by atoms with van der Waals surface area (Å²) in [5.74, 6) is 0. The Balaban J connectivity index is 3.07. The highest BCUT2D eigenvalue weighted by molar-refractivity contribution is 6.31. The van der Waals surface area contributed by atoms with Crippen LogP contribution in [-0.4, -0.2) is 12.8 Å². The molecule has 0 atom stereocenters. The van der Waals surface area contributed by atoms with Gasteiger partial charge < -0.3 is 5.73 Å². The lowest BCUT2D eigenvalue weighted by Crippen LogP contribution is -1.97. The molecule has 1 aromatic rings. The van der Waals surface area contributed by atoms with E-state index in [1.54, 1.807) is 12.1 Å². The van der Waals surface area contributed by atoms with Gasteiger partial charge in [0.25, 0.3) is 0 Å². The molecule has 2 N–H and O–H groups in total. The molecule has 0 aromatic heterocycles. The summed E-state index contributed by atoms with van der Waals surface area (Å²) < 4.78 is 23.7. The van der Waals surface area contributed by atoms with Gasteiger partial charge in [0.05, 0.1) is 0 Å². The number of aliphatic imine (C=N–C) groups is 1. The molecule has 0 bridgehead atoms. The topological polar surface area (TPSA) is 38.4 Å². The molecule has 0 heterocycles. The molecule has 15 heavy (non-hydrogen) atoms. The fourth-order valence-corrected chi connectivity index (χ4v) is 1.48. The lowest BCUT2D eigenvalue weighted by atomic mass is 10.1. The standard InChI is InChI=1S/C10H11ClF2N2/c1-2-6-3-7(5-15-10(12)13)9(14)4-8(6)11/h3-5,10H,2,14H2,1H3. The third-order valence-corrected chi connectivity index (χ3v) is 2.31. The van der Waals surface area contributed by atoms with Crippen LogP contribution in [0.2, 0.25) is 5.02 Å². The Bertz CT molecular complexity index is 378. The average Bonchev–Trinajstić information content (AvgIpc) is 2.16. The predicted octanol–water partition coefficient (Wildman–Crippen LogP) is 3.13. The van der Waals surface area contributed by atoms with Gasteiger partial charge in [0.15, 0.2) is 0 Å². The van der Waals surface area contributed by atoms with Crippen molar-refractivity contribution < 1.29 is 8.78 Å². The molecular formula is C10H11ClF2N2. The minimum atomic E-state index is -2.72. The number of aryl methyl sites for hydroxylation is 1. The van der Waals surface area contributed by atoms with Gasteiger partial charge in [-0.3, -0.25) is 0 Å². The number of halogens is 3. The van der Waals surface area contributed by atoms with E-state index in [9.17, 15) is 8.78 Å². The fraction of sp³-hybridized carbons (Fsp3) is 0.300. The van der Waals surface area contributed by atoms with Crippen molar-refractivity contribution in [1.82, 2.24) is 0 Å². The third-order valence-electron chi connectivity index (χ3n) is 1.96. The van der Waals surface area contributed by atoms with Gasteiger partial charge in [-0.1, -0.05) is 18.5 Å². The van der Waals surface area contributed by atoms with Gasteiger partial charge in [-0.15, -0.1) is 0 Å². The van der Waals surface area contributed by atoms with Crippen LogP contribution in [0.25, 0.3) is 0 Å². The highest BCUT2D eigenvalue weighted by atomic mass is 35.5. The molecule has 1 rings (SSSR count). The van der Waals surface area contributed by atoms with Crippen molar-refractivity contribution in [2.75, 3.05) is 5.73 Å². The highest BCUT2D eigenvalue weighted by Crippen LogP contribution is 2.23. The maximum absolute atomic E-state index is 11.8. The van der Waals surface area contributed by atoms with Gasteiger partial charge in [-0.25, -0.2) is 4.99 Å². The molecule has 0 saturated carbocycles. The van der Waals surface area contributed by atoms with E-state index in [-0.39, 0.29) is 0 Å². The molecule has 0 aliphatic heterocycles. The van der Waals surface area contributed by atoms with Gasteiger partial charge in [0.2, 0.25) is 0 Å². The van der Waals surface area contributed by atoms with Crippen molar-refractivity contribution in [3.8, 4) is 0 Å². The smallest absolute Gasteiger partial charge is 0.331 e. The molecule has 1 aromatic carbocycles. The number of hydrogen-bond donors (Lipinski definition) is 1. The number of nitrogens with zero attached hydrogens (tertiary/aromatic N) is 1. The normalized spacial score (nSPS) is 11.5. The fourth-order valence-electron chi connectivity index (χ4n) is 1.17. The lowest BCUT2D eigenvalue weighted by molar-refractivity contribution is 0.161. The summed E-state index contributed by atoms with van der Waals surface area (Å²) in [6, 6.07) is 3.22. The highest BCUT2D eigenvalue weighted by Gasteiger charge is 2.04. The first-order valence-electron chi connectivity index (χ1n) is 4.43. The minimum Gasteiger partial charge on any atom is -0.398 e. The monoisotopic (exact) mass is 232 g/mol. The Labute approximate surface area is 91.8 Å². The molecule has 0 aliphatic rings. The van der Waals surface area contributed by atoms with Crippen LogP contribution in [0.4, 0.5) is 14.5 Å². The van der Waals surface area contributed by atoms with Crippen LogP contribution >= 0.6 is 11.6 Å². The molecule has 5 heteroatoms. The number of nitrogens with two attached hydrogens (primary N) is 1. The quantitative estimate of drug-likeness (QED) is 0.485. The zero-order valence-electron chi connectivity index (χ0n) is 8.17. The molecular weight excluding hydrogens is 222 g/mol. The number of nitrogen functional groups attached to an aromatic ring is 1. The molecule has 0 unspecified atom stereocenters. The maximum atomic E-state index is 11.8. The summed E-state index contributed by atoms with van der Waals surface area (Å²) in [6.07, 6.45) is 1.78. The van der Waals surface area contributed by atoms with E-state index in [1.165, 1.54) is 0 Å². The SMILES string of the molecule is CCc1cc(C=NC(F)F)c(N)cc1Cl. The molecule has 82 valence electrons. The van der Waals surface area contributed by atoms with Crippen LogP contribution < -0.4 is 5.73 Å². The summed E-state index contributed by atoms with van der Waals surface area (Å²) in [5.41, 5.74) is 7.29. The number of rotatable bonds is 3. The third kappa shape index (κ3) is 3.16. The Morgan fingerprint density at radius 3 is 2.73 bits per heavy atom. The average molecular weight is 233 g/mol. The first-order valence-corrected chi connectivity index (χ1v) is 4.81. The number of alkyl halides is 2. The first kappa shape index (κ1) is 11.9. The van der Waals surface area contributed by atoms with E-state index < -0.39 is 6.55 Å². The van der Waals surface area contributed by atoms with Crippen LogP contribution in [0, 0.1) is 0 Å². The molecule has 0 fully saturated rings. The first-order chi connectivity index (χ1) is 7.04. The summed E-state index contributed by atoms with van der Waals surface area (Å²) in [4.78, 5) is 2.98. The van der Waals surface area contributed by atoms with Crippen molar-refractivity contribution in [1.29, 1.82) is 0 Å². The minimum absolute atomic E-state index is 0.349. The second kappa shape index (κ2) is 5.07. The van der Waals surface area contributed by atoms with Crippen LogP contribution in [-0.2, 0) is 6.42 Å². The van der Waals surface area contributed by atoms with Gasteiger partial charge in [-0.2, -0.15) is 8.78 Å². The second-order valence-corrected chi connectivity index (χ2v) is 3.39. The van der Waals surface area contributed by atoms with Gasteiger partial charge >= 0.3 is 6.55 Å². The Hall–Kier alpha value is -1.16. The lowest BCUT2D eigenvalue weighted by Gasteiger charge is -2.05. The van der Waals surface area contributed by atoms with E-state index >= 15 is 0 Å². The molecule has 0 spiro atoms. The van der Waals surface area contributed by atoms with Crippen molar-refractivity contribution in [3.63, 3.8) is 0 Å². The predicted molar refractivity (Wildman–Crippen MR) is 58.8 cm³/mol.